The van der Waals surface area contributed by atoms with E-state index in [1.807, 2.05) is 0 Å². The van der Waals surface area contributed by atoms with Crippen LogP contribution in [0.2, 0.25) is 0 Å². The Morgan fingerprint density at radius 1 is 1.46 bits per heavy atom. The summed E-state index contributed by atoms with van der Waals surface area (Å²) in [6.45, 7) is 3.39. The Morgan fingerprint density at radius 3 is 2.79 bits per heavy atom. The van der Waals surface area contributed by atoms with Crippen molar-refractivity contribution in [3.63, 3.8) is 0 Å². The van der Waals surface area contributed by atoms with Gasteiger partial charge in [-0.25, -0.2) is 13.1 Å². The first-order valence-corrected chi connectivity index (χ1v) is 9.74. The summed E-state index contributed by atoms with van der Waals surface area (Å²) in [4.78, 5) is 11.7. The topological polar surface area (TPSA) is 96.5 Å². The Hall–Kier alpha value is -0.710. The van der Waals surface area contributed by atoms with E-state index in [4.69, 9.17) is 4.74 Å². The molecule has 0 aliphatic carbocycles. The molecule has 7 nitrogen and oxygen atoms in total. The molecule has 1 fully saturated rings. The minimum absolute atomic E-state index is 0. The minimum atomic E-state index is -3.56. The summed E-state index contributed by atoms with van der Waals surface area (Å²) in [5, 5.41) is 5.99. The Kier molecular flexibility index (Phi) is 8.10. The summed E-state index contributed by atoms with van der Waals surface area (Å²) in [6.07, 6.45) is 1.88. The average molecular weight is 398 g/mol. The summed E-state index contributed by atoms with van der Waals surface area (Å²) in [7, 11) is -1.95. The Labute approximate surface area is 153 Å². The molecule has 138 valence electrons. The summed E-state index contributed by atoms with van der Waals surface area (Å²) < 4.78 is 33.0. The van der Waals surface area contributed by atoms with E-state index in [0.29, 0.717) is 19.7 Å². The average Bonchev–Trinajstić information content (AvgIpc) is 3.14. The highest BCUT2D eigenvalue weighted by Gasteiger charge is 2.35. The van der Waals surface area contributed by atoms with Crippen LogP contribution >= 0.6 is 23.7 Å². The van der Waals surface area contributed by atoms with Crippen molar-refractivity contribution in [3.8, 4) is 0 Å². The van der Waals surface area contributed by atoms with Crippen LogP contribution in [0.3, 0.4) is 0 Å². The number of hydrogen-bond donors (Lipinski definition) is 3. The van der Waals surface area contributed by atoms with Gasteiger partial charge in [0.15, 0.2) is 0 Å². The van der Waals surface area contributed by atoms with E-state index < -0.39 is 10.0 Å². The third kappa shape index (κ3) is 5.68. The summed E-state index contributed by atoms with van der Waals surface area (Å²) in [5.41, 5.74) is -0.335. The molecule has 24 heavy (non-hydrogen) atoms. The van der Waals surface area contributed by atoms with Gasteiger partial charge in [0, 0.05) is 25.5 Å². The normalized spacial score (nSPS) is 20.6. The number of carbonyl (C=O) groups excluding carboxylic acids is 1. The molecule has 1 aliphatic rings. The lowest BCUT2D eigenvalue weighted by atomic mass is 9.99. The van der Waals surface area contributed by atoms with Crippen molar-refractivity contribution in [1.29, 1.82) is 0 Å². The van der Waals surface area contributed by atoms with Crippen molar-refractivity contribution in [1.82, 2.24) is 15.4 Å². The first-order chi connectivity index (χ1) is 10.9. The van der Waals surface area contributed by atoms with Crippen LogP contribution in [0.1, 0.15) is 24.6 Å². The van der Waals surface area contributed by atoms with E-state index in [1.165, 1.54) is 6.92 Å². The molecule has 3 N–H and O–H groups in total. The zero-order valence-corrected chi connectivity index (χ0v) is 16.2. The fourth-order valence-corrected chi connectivity index (χ4v) is 5.05. The third-order valence-corrected chi connectivity index (χ3v) is 6.75. The predicted octanol–water partition coefficient (Wildman–Crippen LogP) is 0.853. The zero-order valence-electron chi connectivity index (χ0n) is 13.8. The van der Waals surface area contributed by atoms with Crippen LogP contribution in [-0.4, -0.2) is 46.7 Å². The molecular weight excluding hydrogens is 374 g/mol. The molecule has 1 aromatic rings. The van der Waals surface area contributed by atoms with Gasteiger partial charge in [0.2, 0.25) is 15.9 Å². The van der Waals surface area contributed by atoms with Crippen LogP contribution < -0.4 is 15.4 Å². The largest absolute Gasteiger partial charge is 0.383 e. The summed E-state index contributed by atoms with van der Waals surface area (Å²) in [6, 6.07) is 3.28. The lowest BCUT2D eigenvalue weighted by molar-refractivity contribution is -0.119. The molecule has 0 spiro atoms. The van der Waals surface area contributed by atoms with Crippen LogP contribution in [0, 0.1) is 0 Å². The molecule has 2 heterocycles. The fourth-order valence-electron chi connectivity index (χ4n) is 2.58. The SMILES string of the molecule is COCC1(CNS(=O)(=O)c2ccc(CNC(C)=O)s2)CCCN1.Cl. The molecule has 1 saturated heterocycles. The zero-order chi connectivity index (χ0) is 16.9. The lowest BCUT2D eigenvalue weighted by Gasteiger charge is -2.28. The van der Waals surface area contributed by atoms with E-state index in [9.17, 15) is 13.2 Å². The highest BCUT2D eigenvalue weighted by molar-refractivity contribution is 7.91. The lowest BCUT2D eigenvalue weighted by Crippen LogP contribution is -2.52. The molecule has 0 radical (unpaired) electrons. The monoisotopic (exact) mass is 397 g/mol. The number of nitrogens with one attached hydrogen (secondary N) is 3. The van der Waals surface area contributed by atoms with Crippen LogP contribution in [0.15, 0.2) is 16.3 Å². The number of hydrogen-bond acceptors (Lipinski definition) is 6. The number of halogens is 1. The molecule has 2 rings (SSSR count). The summed E-state index contributed by atoms with van der Waals surface area (Å²) in [5.74, 6) is -0.144. The maximum absolute atomic E-state index is 12.4. The van der Waals surface area contributed by atoms with Crippen LogP contribution in [0.4, 0.5) is 0 Å². The molecule has 0 bridgehead atoms. The minimum Gasteiger partial charge on any atom is -0.383 e. The van der Waals surface area contributed by atoms with Gasteiger partial charge in [0.1, 0.15) is 4.21 Å². The van der Waals surface area contributed by atoms with Crippen molar-refractivity contribution < 1.29 is 17.9 Å². The second-order valence-electron chi connectivity index (χ2n) is 5.70. The van der Waals surface area contributed by atoms with E-state index in [1.54, 1.807) is 19.2 Å². The Balaban J connectivity index is 0.00000288. The Morgan fingerprint density at radius 2 is 2.21 bits per heavy atom. The van der Waals surface area contributed by atoms with E-state index in [2.05, 4.69) is 15.4 Å². The van der Waals surface area contributed by atoms with Gasteiger partial charge in [-0.05, 0) is 31.5 Å². The van der Waals surface area contributed by atoms with Crippen LogP contribution in [0.5, 0.6) is 0 Å². The number of carbonyl (C=O) groups is 1. The van der Waals surface area contributed by atoms with E-state index in [0.717, 1.165) is 35.6 Å². The molecule has 0 saturated carbocycles. The van der Waals surface area contributed by atoms with Gasteiger partial charge in [0.05, 0.1) is 18.7 Å². The van der Waals surface area contributed by atoms with E-state index in [-0.39, 0.29) is 28.1 Å². The standard InChI is InChI=1S/C14H23N3O4S2.ClH/c1-11(18)15-8-12-4-5-13(22-12)23(19,20)17-9-14(10-21-2)6-3-7-16-14;/h4-5,16-17H,3,6-10H2,1-2H3,(H,15,18);1H. The predicted molar refractivity (Wildman–Crippen MR) is 96.1 cm³/mol. The highest BCUT2D eigenvalue weighted by atomic mass is 35.5. The molecule has 1 amide bonds. The molecule has 1 aliphatic heterocycles. The quantitative estimate of drug-likeness (QED) is 0.604. The number of methoxy groups -OCH3 is 1. The second kappa shape index (κ2) is 9.12. The van der Waals surface area contributed by atoms with Crippen LogP contribution in [-0.2, 0) is 26.1 Å². The van der Waals surface area contributed by atoms with Crippen molar-refractivity contribution >= 4 is 39.7 Å². The van der Waals surface area contributed by atoms with Crippen LogP contribution in [0.25, 0.3) is 0 Å². The highest BCUT2D eigenvalue weighted by Crippen LogP contribution is 2.23. The third-order valence-electron chi connectivity index (χ3n) is 3.77. The van der Waals surface area contributed by atoms with Crippen molar-refractivity contribution in [2.75, 3.05) is 26.8 Å². The van der Waals surface area contributed by atoms with Crippen molar-refractivity contribution in [3.05, 3.63) is 17.0 Å². The van der Waals surface area contributed by atoms with Gasteiger partial charge >= 0.3 is 0 Å². The molecular formula is C14H24ClN3O4S2. The summed E-state index contributed by atoms with van der Waals surface area (Å²) >= 11 is 1.16. The smallest absolute Gasteiger partial charge is 0.250 e. The first kappa shape index (κ1) is 21.3. The molecule has 1 unspecified atom stereocenters. The number of thiophene rings is 1. The number of amides is 1. The maximum Gasteiger partial charge on any atom is 0.250 e. The Bertz CT molecular complexity index is 642. The van der Waals surface area contributed by atoms with Gasteiger partial charge in [0.25, 0.3) is 0 Å². The van der Waals surface area contributed by atoms with Gasteiger partial charge < -0.3 is 15.4 Å². The number of rotatable bonds is 8. The number of ether oxygens (including phenoxy) is 1. The molecule has 1 aromatic heterocycles. The van der Waals surface area contributed by atoms with Crippen molar-refractivity contribution in [2.45, 2.75) is 36.1 Å². The van der Waals surface area contributed by atoms with E-state index >= 15 is 0 Å². The van der Waals surface area contributed by atoms with Gasteiger partial charge in [-0.3, -0.25) is 4.79 Å². The van der Waals surface area contributed by atoms with Gasteiger partial charge in [-0.1, -0.05) is 0 Å². The second-order valence-corrected chi connectivity index (χ2v) is 8.86. The van der Waals surface area contributed by atoms with Gasteiger partial charge in [-0.15, -0.1) is 23.7 Å². The van der Waals surface area contributed by atoms with Gasteiger partial charge in [-0.2, -0.15) is 0 Å². The first-order valence-electron chi connectivity index (χ1n) is 7.44. The molecule has 10 heteroatoms. The fraction of sp³-hybridized carbons (Fsp3) is 0.643. The van der Waals surface area contributed by atoms with Crippen molar-refractivity contribution in [2.24, 2.45) is 0 Å². The number of sulfonamides is 1. The molecule has 1 atom stereocenters. The maximum atomic E-state index is 12.4. The molecule has 0 aromatic carbocycles.